The fourth-order valence-corrected chi connectivity index (χ4v) is 1.60. The number of carbonyl (C=O) groups excluding carboxylic acids is 1. The van der Waals surface area contributed by atoms with Crippen molar-refractivity contribution in [2.45, 2.75) is 20.0 Å². The Labute approximate surface area is 69.1 Å². The van der Waals surface area contributed by atoms with Crippen LogP contribution in [-0.2, 0) is 9.53 Å². The smallest absolute Gasteiger partial charge is 0.221 e. The van der Waals surface area contributed by atoms with Crippen molar-refractivity contribution in [1.82, 2.24) is 0 Å². The Kier molecular flexibility index (Phi) is 4.39. The Morgan fingerprint density at radius 2 is 2.00 bits per heavy atom. The number of hydrogen-bond donors (Lipinski definition) is 0. The Balaban J connectivity index is 3.83. The Hall–Kier alpha value is 0.360. The average molecular weight is 242 g/mol. The van der Waals surface area contributed by atoms with Gasteiger partial charge in [0.05, 0.1) is 0 Å². The van der Waals surface area contributed by atoms with Crippen molar-refractivity contribution < 1.29 is 9.53 Å². The van der Waals surface area contributed by atoms with Crippen LogP contribution in [0.5, 0.6) is 0 Å². The molecule has 0 fully saturated rings. The number of halogens is 1. The van der Waals surface area contributed by atoms with Crippen LogP contribution in [0.1, 0.15) is 13.8 Å². The van der Waals surface area contributed by atoms with Gasteiger partial charge in [-0.05, 0) is 5.92 Å². The summed E-state index contributed by atoms with van der Waals surface area (Å²) >= 11 is 1.76. The van der Waals surface area contributed by atoms with E-state index in [1.807, 2.05) is 13.8 Å². The molecule has 0 aliphatic heterocycles. The lowest BCUT2D eigenvalue weighted by atomic mass is 10.1. The van der Waals surface area contributed by atoms with Gasteiger partial charge in [-0.25, -0.2) is 0 Å². The fraction of sp³-hybridized carbons (Fsp3) is 0.833. The van der Waals surface area contributed by atoms with Crippen LogP contribution in [0.25, 0.3) is 0 Å². The molecule has 0 heterocycles. The predicted octanol–water partition coefficient (Wildman–Crippen LogP) is 1.62. The minimum Gasteiger partial charge on any atom is -0.373 e. The third-order valence-corrected chi connectivity index (χ3v) is 1.70. The Morgan fingerprint density at radius 1 is 1.56 bits per heavy atom. The van der Waals surface area contributed by atoms with Crippen LogP contribution in [0.3, 0.4) is 0 Å². The topological polar surface area (TPSA) is 26.3 Å². The normalized spacial score (nSPS) is 13.9. The average Bonchev–Trinajstić information content (AvgIpc) is 1.64. The van der Waals surface area contributed by atoms with E-state index >= 15 is 0 Å². The molecular formula is C6H11IO2. The maximum Gasteiger partial charge on any atom is 0.221 e. The summed E-state index contributed by atoms with van der Waals surface area (Å²) in [5.41, 5.74) is 0. The van der Waals surface area contributed by atoms with Gasteiger partial charge >= 0.3 is 0 Å². The third kappa shape index (κ3) is 3.15. The second-order valence-electron chi connectivity index (χ2n) is 2.20. The second kappa shape index (κ2) is 4.22. The van der Waals surface area contributed by atoms with Gasteiger partial charge in [0.2, 0.25) is 3.79 Å². The minimum atomic E-state index is -0.231. The minimum absolute atomic E-state index is 0.0742. The number of ether oxygens (including phenoxy) is 1. The Bertz CT molecular complexity index is 101. The summed E-state index contributed by atoms with van der Waals surface area (Å²) in [4.78, 5) is 10.7. The molecule has 0 spiro atoms. The van der Waals surface area contributed by atoms with Gasteiger partial charge in [0, 0.05) is 29.7 Å². The van der Waals surface area contributed by atoms with Gasteiger partial charge in [-0.3, -0.25) is 4.79 Å². The standard InChI is InChI=1S/C6H11IO2/c1-4(2)5(9-3)6(7)8/h4-5H,1-3H3/t5-/m1/s1. The van der Waals surface area contributed by atoms with E-state index < -0.39 is 0 Å². The zero-order valence-electron chi connectivity index (χ0n) is 5.85. The summed E-state index contributed by atoms with van der Waals surface area (Å²) in [6.45, 7) is 3.93. The molecule has 0 aliphatic carbocycles. The van der Waals surface area contributed by atoms with E-state index in [2.05, 4.69) is 0 Å². The largest absolute Gasteiger partial charge is 0.373 e. The number of carbonyl (C=O) groups is 1. The SMILES string of the molecule is CO[C@@H](C(=O)I)C(C)C. The summed E-state index contributed by atoms with van der Waals surface area (Å²) < 4.78 is 4.99. The molecule has 0 rings (SSSR count). The molecule has 0 saturated carbocycles. The molecule has 9 heavy (non-hydrogen) atoms. The van der Waals surface area contributed by atoms with E-state index in [4.69, 9.17) is 4.74 Å². The molecule has 0 radical (unpaired) electrons. The first-order chi connectivity index (χ1) is 4.09. The van der Waals surface area contributed by atoms with E-state index in [1.54, 1.807) is 29.7 Å². The van der Waals surface area contributed by atoms with Gasteiger partial charge in [-0.2, -0.15) is 0 Å². The predicted molar refractivity (Wildman–Crippen MR) is 44.7 cm³/mol. The van der Waals surface area contributed by atoms with Crippen molar-refractivity contribution in [3.05, 3.63) is 0 Å². The van der Waals surface area contributed by atoms with Crippen LogP contribution < -0.4 is 0 Å². The molecule has 0 bridgehead atoms. The van der Waals surface area contributed by atoms with Crippen LogP contribution in [0, 0.1) is 5.92 Å². The van der Waals surface area contributed by atoms with Crippen molar-refractivity contribution in [2.75, 3.05) is 7.11 Å². The van der Waals surface area contributed by atoms with Gasteiger partial charge in [0.25, 0.3) is 0 Å². The van der Waals surface area contributed by atoms with Crippen molar-refractivity contribution in [3.8, 4) is 0 Å². The van der Waals surface area contributed by atoms with Crippen LogP contribution in [0.15, 0.2) is 0 Å². The molecule has 0 aromatic heterocycles. The number of rotatable bonds is 3. The van der Waals surface area contributed by atoms with E-state index in [-0.39, 0.29) is 15.8 Å². The second-order valence-corrected chi connectivity index (χ2v) is 3.27. The van der Waals surface area contributed by atoms with Gasteiger partial charge in [0.15, 0.2) is 0 Å². The highest BCUT2D eigenvalue weighted by molar-refractivity contribution is 14.1. The van der Waals surface area contributed by atoms with Gasteiger partial charge < -0.3 is 4.74 Å². The van der Waals surface area contributed by atoms with Crippen molar-refractivity contribution in [1.29, 1.82) is 0 Å². The molecular weight excluding hydrogens is 231 g/mol. The van der Waals surface area contributed by atoms with E-state index in [9.17, 15) is 4.79 Å². The lowest BCUT2D eigenvalue weighted by Crippen LogP contribution is -2.23. The molecule has 0 aromatic carbocycles. The van der Waals surface area contributed by atoms with Crippen LogP contribution in [0.4, 0.5) is 0 Å². The molecule has 3 heteroatoms. The summed E-state index contributed by atoms with van der Waals surface area (Å²) in [6, 6.07) is 0. The van der Waals surface area contributed by atoms with Crippen molar-refractivity contribution >= 4 is 26.4 Å². The number of hydrogen-bond acceptors (Lipinski definition) is 2. The summed E-state index contributed by atoms with van der Waals surface area (Å²) in [7, 11) is 1.56. The Morgan fingerprint density at radius 3 is 2.00 bits per heavy atom. The molecule has 0 aromatic rings. The van der Waals surface area contributed by atoms with Gasteiger partial charge in [-0.1, -0.05) is 13.8 Å². The highest BCUT2D eigenvalue weighted by Crippen LogP contribution is 2.09. The zero-order valence-corrected chi connectivity index (χ0v) is 8.01. The van der Waals surface area contributed by atoms with E-state index in [1.165, 1.54) is 0 Å². The van der Waals surface area contributed by atoms with Gasteiger partial charge in [0.1, 0.15) is 6.10 Å². The maximum absolute atomic E-state index is 10.7. The maximum atomic E-state index is 10.7. The monoisotopic (exact) mass is 242 g/mol. The highest BCUT2D eigenvalue weighted by Gasteiger charge is 2.17. The lowest BCUT2D eigenvalue weighted by Gasteiger charge is -2.13. The summed E-state index contributed by atoms with van der Waals surface area (Å²) in [5, 5.41) is 0. The fourth-order valence-electron chi connectivity index (χ4n) is 0.627. The molecule has 0 amide bonds. The van der Waals surface area contributed by atoms with E-state index in [0.717, 1.165) is 0 Å². The number of methoxy groups -OCH3 is 1. The van der Waals surface area contributed by atoms with Crippen LogP contribution in [-0.4, -0.2) is 17.0 Å². The molecule has 54 valence electrons. The van der Waals surface area contributed by atoms with Crippen molar-refractivity contribution in [2.24, 2.45) is 5.92 Å². The first-order valence-electron chi connectivity index (χ1n) is 2.81. The van der Waals surface area contributed by atoms with Crippen molar-refractivity contribution in [3.63, 3.8) is 0 Å². The molecule has 0 aliphatic rings. The third-order valence-electron chi connectivity index (χ3n) is 1.08. The summed E-state index contributed by atoms with van der Waals surface area (Å²) in [6.07, 6.45) is -0.231. The molecule has 0 saturated heterocycles. The molecule has 0 N–H and O–H groups in total. The van der Waals surface area contributed by atoms with Gasteiger partial charge in [-0.15, -0.1) is 0 Å². The first kappa shape index (κ1) is 9.36. The zero-order chi connectivity index (χ0) is 7.44. The van der Waals surface area contributed by atoms with Crippen LogP contribution >= 0.6 is 22.6 Å². The van der Waals surface area contributed by atoms with E-state index in [0.29, 0.717) is 0 Å². The van der Waals surface area contributed by atoms with Crippen LogP contribution in [0.2, 0.25) is 0 Å². The summed E-state index contributed by atoms with van der Waals surface area (Å²) in [5.74, 6) is 0.277. The molecule has 2 nitrogen and oxygen atoms in total. The highest BCUT2D eigenvalue weighted by atomic mass is 127. The first-order valence-corrected chi connectivity index (χ1v) is 3.89. The quantitative estimate of drug-likeness (QED) is 0.555. The molecule has 1 atom stereocenters. The lowest BCUT2D eigenvalue weighted by molar-refractivity contribution is -0.120. The molecule has 0 unspecified atom stereocenters.